The molecule has 0 radical (unpaired) electrons. The molecule has 0 fully saturated rings. The lowest BCUT2D eigenvalue weighted by atomic mass is 10.2. The van der Waals surface area contributed by atoms with Gasteiger partial charge in [-0.1, -0.05) is 30.3 Å². The van der Waals surface area contributed by atoms with E-state index in [4.69, 9.17) is 5.73 Å². The Morgan fingerprint density at radius 2 is 2.06 bits per heavy atom. The minimum absolute atomic E-state index is 0.0260. The Morgan fingerprint density at radius 1 is 1.39 bits per heavy atom. The molecule has 0 aromatic heterocycles. The molecule has 1 rings (SSSR count). The predicted octanol–water partition coefficient (Wildman–Crippen LogP) is 0.972. The molecule has 0 heterocycles. The number of carbonyl (C=O) groups excluding carboxylic acids is 1. The fourth-order valence-corrected chi connectivity index (χ4v) is 1.72. The predicted molar refractivity (Wildman–Crippen MR) is 74.1 cm³/mol. The van der Waals surface area contributed by atoms with Crippen LogP contribution in [0.15, 0.2) is 30.3 Å². The molecule has 0 aliphatic rings. The van der Waals surface area contributed by atoms with Crippen LogP contribution in [-0.2, 0) is 11.3 Å². The van der Waals surface area contributed by atoms with Crippen molar-refractivity contribution in [2.75, 3.05) is 20.1 Å². The summed E-state index contributed by atoms with van der Waals surface area (Å²) in [6.45, 7) is 4.22. The van der Waals surface area contributed by atoms with Gasteiger partial charge in [0.2, 0.25) is 5.91 Å². The van der Waals surface area contributed by atoms with Crippen molar-refractivity contribution in [3.05, 3.63) is 35.9 Å². The highest BCUT2D eigenvalue weighted by atomic mass is 16.1. The number of nitrogens with two attached hydrogens (primary N) is 1. The molecule has 1 aromatic rings. The lowest BCUT2D eigenvalue weighted by Crippen LogP contribution is -2.35. The summed E-state index contributed by atoms with van der Waals surface area (Å²) in [5.41, 5.74) is 6.84. The van der Waals surface area contributed by atoms with Crippen molar-refractivity contribution < 1.29 is 4.79 Å². The zero-order chi connectivity index (χ0) is 13.4. The van der Waals surface area contributed by atoms with E-state index in [9.17, 15) is 4.79 Å². The first-order valence-corrected chi connectivity index (χ1v) is 6.32. The van der Waals surface area contributed by atoms with Crippen LogP contribution in [0.5, 0.6) is 0 Å². The number of likely N-dealkylation sites (N-methyl/N-ethyl adjacent to an activating group) is 1. The van der Waals surface area contributed by atoms with Gasteiger partial charge in [-0.25, -0.2) is 0 Å². The average Bonchev–Trinajstić information content (AvgIpc) is 2.29. The Labute approximate surface area is 109 Å². The summed E-state index contributed by atoms with van der Waals surface area (Å²) in [6, 6.07) is 10.2. The van der Waals surface area contributed by atoms with Gasteiger partial charge in [-0.15, -0.1) is 0 Å². The third-order valence-corrected chi connectivity index (χ3v) is 2.62. The fraction of sp³-hybridized carbons (Fsp3) is 0.500. The Kier molecular flexibility index (Phi) is 6.39. The topological polar surface area (TPSA) is 58.4 Å². The van der Waals surface area contributed by atoms with Crippen molar-refractivity contribution in [3.8, 4) is 0 Å². The highest BCUT2D eigenvalue weighted by molar-refractivity contribution is 5.76. The molecule has 1 unspecified atom stereocenters. The van der Waals surface area contributed by atoms with E-state index < -0.39 is 0 Å². The first-order chi connectivity index (χ1) is 8.58. The number of carbonyl (C=O) groups is 1. The molecular weight excluding hydrogens is 226 g/mol. The maximum atomic E-state index is 11.4. The first kappa shape index (κ1) is 14.7. The van der Waals surface area contributed by atoms with Gasteiger partial charge in [0.25, 0.3) is 0 Å². The third kappa shape index (κ3) is 6.37. The summed E-state index contributed by atoms with van der Waals surface area (Å²) in [5, 5.41) is 2.87. The largest absolute Gasteiger partial charge is 0.355 e. The minimum atomic E-state index is -0.0768. The van der Waals surface area contributed by atoms with Crippen molar-refractivity contribution in [3.63, 3.8) is 0 Å². The molecule has 0 saturated heterocycles. The summed E-state index contributed by atoms with van der Waals surface area (Å²) < 4.78 is 0. The van der Waals surface area contributed by atoms with Gasteiger partial charge < -0.3 is 16.0 Å². The van der Waals surface area contributed by atoms with Gasteiger partial charge in [0.15, 0.2) is 0 Å². The number of hydrogen-bond acceptors (Lipinski definition) is 3. The second-order valence-corrected chi connectivity index (χ2v) is 4.75. The van der Waals surface area contributed by atoms with Crippen LogP contribution in [0.4, 0.5) is 0 Å². The molecule has 3 N–H and O–H groups in total. The lowest BCUT2D eigenvalue weighted by Gasteiger charge is -2.17. The molecule has 100 valence electrons. The second kappa shape index (κ2) is 7.84. The zero-order valence-corrected chi connectivity index (χ0v) is 11.2. The smallest absolute Gasteiger partial charge is 0.221 e. The Morgan fingerprint density at radius 3 is 2.67 bits per heavy atom. The van der Waals surface area contributed by atoms with E-state index in [-0.39, 0.29) is 11.9 Å². The molecule has 4 nitrogen and oxygen atoms in total. The monoisotopic (exact) mass is 249 g/mol. The van der Waals surface area contributed by atoms with E-state index in [1.807, 2.05) is 32.2 Å². The van der Waals surface area contributed by atoms with Crippen LogP contribution in [0.25, 0.3) is 0 Å². The number of hydrogen-bond donors (Lipinski definition) is 2. The molecule has 0 spiro atoms. The molecular formula is C14H23N3O. The van der Waals surface area contributed by atoms with Crippen LogP contribution >= 0.6 is 0 Å². The van der Waals surface area contributed by atoms with Crippen molar-refractivity contribution >= 4 is 5.91 Å². The fourth-order valence-electron chi connectivity index (χ4n) is 1.72. The summed E-state index contributed by atoms with van der Waals surface area (Å²) in [6.07, 6.45) is 0.391. The normalized spacial score (nSPS) is 12.4. The minimum Gasteiger partial charge on any atom is -0.355 e. The third-order valence-electron chi connectivity index (χ3n) is 2.62. The van der Waals surface area contributed by atoms with Gasteiger partial charge >= 0.3 is 0 Å². The van der Waals surface area contributed by atoms with Crippen LogP contribution in [-0.4, -0.2) is 37.0 Å². The number of rotatable bonds is 7. The summed E-state index contributed by atoms with van der Waals surface area (Å²) in [7, 11) is 2.05. The molecule has 1 amide bonds. The first-order valence-electron chi connectivity index (χ1n) is 6.32. The molecule has 18 heavy (non-hydrogen) atoms. The zero-order valence-electron chi connectivity index (χ0n) is 11.2. The van der Waals surface area contributed by atoms with Crippen LogP contribution in [0.1, 0.15) is 18.9 Å². The summed E-state index contributed by atoms with van der Waals surface area (Å²) >= 11 is 0. The Bertz CT molecular complexity index is 351. The molecule has 1 aromatic carbocycles. The van der Waals surface area contributed by atoms with Gasteiger partial charge in [-0.3, -0.25) is 4.79 Å². The van der Waals surface area contributed by atoms with E-state index in [2.05, 4.69) is 22.3 Å². The Balaban J connectivity index is 2.18. The van der Waals surface area contributed by atoms with E-state index in [0.717, 1.165) is 13.1 Å². The maximum absolute atomic E-state index is 11.4. The SMILES string of the molecule is CC(N)CC(=O)NCCN(C)Cc1ccccc1. The van der Waals surface area contributed by atoms with Crippen LogP contribution in [0.3, 0.4) is 0 Å². The molecule has 0 aliphatic heterocycles. The number of benzene rings is 1. The van der Waals surface area contributed by atoms with Gasteiger partial charge in [0, 0.05) is 32.1 Å². The van der Waals surface area contributed by atoms with Crippen molar-refractivity contribution in [1.29, 1.82) is 0 Å². The summed E-state index contributed by atoms with van der Waals surface area (Å²) in [5.74, 6) is 0.0260. The highest BCUT2D eigenvalue weighted by Gasteiger charge is 2.05. The number of amides is 1. The van der Waals surface area contributed by atoms with Gasteiger partial charge in [-0.05, 0) is 19.5 Å². The lowest BCUT2D eigenvalue weighted by molar-refractivity contribution is -0.121. The Hall–Kier alpha value is -1.39. The second-order valence-electron chi connectivity index (χ2n) is 4.75. The van der Waals surface area contributed by atoms with Crippen LogP contribution < -0.4 is 11.1 Å². The average molecular weight is 249 g/mol. The molecule has 0 saturated carbocycles. The summed E-state index contributed by atoms with van der Waals surface area (Å²) in [4.78, 5) is 13.6. The van der Waals surface area contributed by atoms with Crippen LogP contribution in [0.2, 0.25) is 0 Å². The van der Waals surface area contributed by atoms with Gasteiger partial charge in [0.1, 0.15) is 0 Å². The molecule has 0 aliphatic carbocycles. The molecule has 4 heteroatoms. The highest BCUT2D eigenvalue weighted by Crippen LogP contribution is 2.01. The van der Waals surface area contributed by atoms with E-state index in [0.29, 0.717) is 13.0 Å². The van der Waals surface area contributed by atoms with Crippen LogP contribution in [0, 0.1) is 0 Å². The molecule has 1 atom stereocenters. The van der Waals surface area contributed by atoms with Crippen molar-refractivity contribution in [2.45, 2.75) is 25.9 Å². The van der Waals surface area contributed by atoms with E-state index >= 15 is 0 Å². The van der Waals surface area contributed by atoms with E-state index in [1.165, 1.54) is 5.56 Å². The maximum Gasteiger partial charge on any atom is 0.221 e. The van der Waals surface area contributed by atoms with Gasteiger partial charge in [-0.2, -0.15) is 0 Å². The quantitative estimate of drug-likeness (QED) is 0.757. The van der Waals surface area contributed by atoms with E-state index in [1.54, 1.807) is 0 Å². The van der Waals surface area contributed by atoms with Crippen molar-refractivity contribution in [1.82, 2.24) is 10.2 Å². The number of nitrogens with one attached hydrogen (secondary N) is 1. The van der Waals surface area contributed by atoms with Crippen molar-refractivity contribution in [2.24, 2.45) is 5.73 Å². The number of nitrogens with zero attached hydrogens (tertiary/aromatic N) is 1. The standard InChI is InChI=1S/C14H23N3O/c1-12(15)10-14(18)16-8-9-17(2)11-13-6-4-3-5-7-13/h3-7,12H,8-11,15H2,1-2H3,(H,16,18). The van der Waals surface area contributed by atoms with Gasteiger partial charge in [0.05, 0.1) is 0 Å². The molecule has 0 bridgehead atoms.